The van der Waals surface area contributed by atoms with Gasteiger partial charge in [0.05, 0.1) is 29.0 Å². The fourth-order valence-electron chi connectivity index (χ4n) is 1.69. The van der Waals surface area contributed by atoms with Gasteiger partial charge < -0.3 is 5.32 Å². The average Bonchev–Trinajstić information content (AvgIpc) is 2.85. The maximum absolute atomic E-state index is 12.0. The van der Waals surface area contributed by atoms with Gasteiger partial charge >= 0.3 is 6.18 Å². The Balaban J connectivity index is 2.12. The molecule has 22 heavy (non-hydrogen) atoms. The fourth-order valence-corrected chi connectivity index (χ4v) is 2.36. The third-order valence-electron chi connectivity index (χ3n) is 2.68. The topological polar surface area (TPSA) is 76.9 Å². The summed E-state index contributed by atoms with van der Waals surface area (Å²) in [6.07, 6.45) is -1.77. The summed E-state index contributed by atoms with van der Waals surface area (Å²) in [5.41, 5.74) is 0.770. The van der Waals surface area contributed by atoms with Gasteiger partial charge in [-0.1, -0.05) is 11.3 Å². The Labute approximate surface area is 124 Å². The van der Waals surface area contributed by atoms with Gasteiger partial charge in [-0.15, -0.1) is 5.10 Å². The van der Waals surface area contributed by atoms with Crippen LogP contribution in [0.5, 0.6) is 0 Å². The highest BCUT2D eigenvalue weighted by Crippen LogP contribution is 2.15. The molecule has 10 heteroatoms. The van der Waals surface area contributed by atoms with Crippen LogP contribution < -0.4 is 5.32 Å². The Morgan fingerprint density at radius 3 is 2.68 bits per heavy atom. The Hall–Kier alpha value is -1.94. The predicted octanol–water partition coefficient (Wildman–Crippen LogP) is 1.32. The molecule has 0 atom stereocenters. The van der Waals surface area contributed by atoms with Crippen molar-refractivity contribution in [1.82, 2.24) is 20.3 Å². The van der Waals surface area contributed by atoms with Gasteiger partial charge in [-0.25, -0.2) is 13.1 Å². The number of halogens is 3. The molecule has 0 spiro atoms. The van der Waals surface area contributed by atoms with Gasteiger partial charge in [0.25, 0.3) is 0 Å². The highest BCUT2D eigenvalue weighted by Gasteiger charge is 2.26. The Bertz CT molecular complexity index is 756. The molecule has 0 amide bonds. The zero-order valence-electron chi connectivity index (χ0n) is 11.5. The van der Waals surface area contributed by atoms with Gasteiger partial charge in [0, 0.05) is 12.8 Å². The van der Waals surface area contributed by atoms with Crippen LogP contribution in [0.15, 0.2) is 35.4 Å². The average molecular weight is 334 g/mol. The minimum atomic E-state index is -4.29. The van der Waals surface area contributed by atoms with Crippen LogP contribution in [-0.2, 0) is 16.4 Å². The fraction of sp³-hybridized carbons (Fsp3) is 0.333. The maximum atomic E-state index is 12.0. The molecule has 0 aliphatic carbocycles. The molecule has 6 nitrogen and oxygen atoms in total. The van der Waals surface area contributed by atoms with Crippen molar-refractivity contribution in [3.63, 3.8) is 0 Å². The van der Waals surface area contributed by atoms with E-state index in [1.165, 1.54) is 23.0 Å². The molecule has 0 aliphatic rings. The van der Waals surface area contributed by atoms with Crippen LogP contribution in [0.1, 0.15) is 5.69 Å². The molecule has 0 fully saturated rings. The lowest BCUT2D eigenvalue weighted by atomic mass is 10.3. The molecular formula is C12H13F3N4O2S. The molecule has 0 saturated carbocycles. The van der Waals surface area contributed by atoms with E-state index >= 15 is 0 Å². The smallest absolute Gasteiger partial charge is 0.303 e. The molecule has 1 heterocycles. The highest BCUT2D eigenvalue weighted by molar-refractivity contribution is 7.90. The van der Waals surface area contributed by atoms with Crippen molar-refractivity contribution in [2.75, 3.05) is 12.8 Å². The maximum Gasteiger partial charge on any atom is 0.401 e. The van der Waals surface area contributed by atoms with Crippen molar-refractivity contribution in [3.05, 3.63) is 36.2 Å². The number of nitrogens with one attached hydrogen (secondary N) is 1. The lowest BCUT2D eigenvalue weighted by Gasteiger charge is -2.05. The summed E-state index contributed by atoms with van der Waals surface area (Å²) in [6.45, 7) is -1.21. The summed E-state index contributed by atoms with van der Waals surface area (Å²) in [5.74, 6) is 0. The van der Waals surface area contributed by atoms with Gasteiger partial charge in [0.2, 0.25) is 0 Å². The molecule has 2 rings (SSSR count). The van der Waals surface area contributed by atoms with Crippen LogP contribution in [0.3, 0.4) is 0 Å². The zero-order valence-corrected chi connectivity index (χ0v) is 12.3. The van der Waals surface area contributed by atoms with E-state index in [9.17, 15) is 21.6 Å². The van der Waals surface area contributed by atoms with Crippen LogP contribution >= 0.6 is 0 Å². The molecule has 0 bridgehead atoms. The quantitative estimate of drug-likeness (QED) is 0.892. The molecule has 1 N–H and O–H groups in total. The standard InChI is InChI=1S/C12H13F3N4O2S/c1-22(20,21)11-4-2-3-10(5-11)19-7-9(17-18-19)6-16-8-12(13,14)15/h2-5,7,16H,6,8H2,1H3. The molecule has 1 aromatic heterocycles. The van der Waals surface area contributed by atoms with E-state index in [4.69, 9.17) is 0 Å². The van der Waals surface area contributed by atoms with E-state index in [2.05, 4.69) is 15.6 Å². The second-order valence-electron chi connectivity index (χ2n) is 4.64. The lowest BCUT2D eigenvalue weighted by molar-refractivity contribution is -0.125. The molecule has 1 aromatic carbocycles. The van der Waals surface area contributed by atoms with Crippen LogP contribution in [0.25, 0.3) is 5.69 Å². The van der Waals surface area contributed by atoms with E-state index < -0.39 is 22.6 Å². The number of nitrogens with zero attached hydrogens (tertiary/aromatic N) is 3. The van der Waals surface area contributed by atoms with Crippen LogP contribution in [-0.4, -0.2) is 42.4 Å². The summed E-state index contributed by atoms with van der Waals surface area (Å²) < 4.78 is 60.4. The first-order valence-corrected chi connectivity index (χ1v) is 8.03. The molecule has 120 valence electrons. The Morgan fingerprint density at radius 2 is 2.05 bits per heavy atom. The van der Waals surface area contributed by atoms with Gasteiger partial charge in [0.1, 0.15) is 0 Å². The summed E-state index contributed by atoms with van der Waals surface area (Å²) in [6, 6.07) is 6.03. The van der Waals surface area contributed by atoms with Gasteiger partial charge in [0.15, 0.2) is 9.84 Å². The summed E-state index contributed by atoms with van der Waals surface area (Å²) in [7, 11) is -3.36. The number of rotatable bonds is 5. The number of hydrogen-bond acceptors (Lipinski definition) is 5. The molecule has 0 saturated heterocycles. The van der Waals surface area contributed by atoms with E-state index in [1.54, 1.807) is 12.1 Å². The highest BCUT2D eigenvalue weighted by atomic mass is 32.2. The number of hydrogen-bond donors (Lipinski definition) is 1. The first-order valence-electron chi connectivity index (χ1n) is 6.14. The SMILES string of the molecule is CS(=O)(=O)c1cccc(-n2cc(CNCC(F)(F)F)nn2)c1. The molecule has 0 aliphatic heterocycles. The lowest BCUT2D eigenvalue weighted by Crippen LogP contribution is -2.28. The van der Waals surface area contributed by atoms with Crippen molar-refractivity contribution >= 4 is 9.84 Å². The number of benzene rings is 1. The number of aromatic nitrogens is 3. The van der Waals surface area contributed by atoms with Gasteiger partial charge in [-0.3, -0.25) is 0 Å². The molecule has 2 aromatic rings. The molecule has 0 unspecified atom stereocenters. The third kappa shape index (κ3) is 4.53. The summed E-state index contributed by atoms with van der Waals surface area (Å²) in [4.78, 5) is 0.122. The normalized spacial score (nSPS) is 12.5. The first-order chi connectivity index (χ1) is 10.1. The second kappa shape index (κ2) is 6.05. The van der Waals surface area contributed by atoms with Gasteiger partial charge in [-0.05, 0) is 18.2 Å². The van der Waals surface area contributed by atoms with E-state index in [0.29, 0.717) is 11.4 Å². The second-order valence-corrected chi connectivity index (χ2v) is 6.66. The van der Waals surface area contributed by atoms with Crippen LogP contribution in [0, 0.1) is 0 Å². The van der Waals surface area contributed by atoms with Crippen molar-refractivity contribution in [2.45, 2.75) is 17.6 Å². The summed E-state index contributed by atoms with van der Waals surface area (Å²) in [5, 5.41) is 9.72. The Morgan fingerprint density at radius 1 is 1.32 bits per heavy atom. The van der Waals surface area contributed by atoms with E-state index in [0.717, 1.165) is 6.26 Å². The largest absolute Gasteiger partial charge is 0.401 e. The predicted molar refractivity (Wildman–Crippen MR) is 72.2 cm³/mol. The van der Waals surface area contributed by atoms with Gasteiger partial charge in [-0.2, -0.15) is 13.2 Å². The van der Waals surface area contributed by atoms with E-state index in [1.807, 2.05) is 0 Å². The van der Waals surface area contributed by atoms with Crippen molar-refractivity contribution in [2.24, 2.45) is 0 Å². The van der Waals surface area contributed by atoms with Crippen LogP contribution in [0.4, 0.5) is 13.2 Å². The van der Waals surface area contributed by atoms with Crippen molar-refractivity contribution < 1.29 is 21.6 Å². The number of sulfone groups is 1. The minimum absolute atomic E-state index is 0.0920. The van der Waals surface area contributed by atoms with E-state index in [-0.39, 0.29) is 11.4 Å². The zero-order chi connectivity index (χ0) is 16.4. The third-order valence-corrected chi connectivity index (χ3v) is 3.79. The minimum Gasteiger partial charge on any atom is -0.303 e. The number of alkyl halides is 3. The summed E-state index contributed by atoms with van der Waals surface area (Å²) >= 11 is 0. The van der Waals surface area contributed by atoms with Crippen molar-refractivity contribution in [1.29, 1.82) is 0 Å². The molecular weight excluding hydrogens is 321 g/mol. The van der Waals surface area contributed by atoms with Crippen molar-refractivity contribution in [3.8, 4) is 5.69 Å². The first kappa shape index (κ1) is 16.4. The monoisotopic (exact) mass is 334 g/mol. The molecule has 0 radical (unpaired) electrons. The Kier molecular flexibility index (Phi) is 4.52. The van der Waals surface area contributed by atoms with Crippen LogP contribution in [0.2, 0.25) is 0 Å².